The van der Waals surface area contributed by atoms with E-state index in [4.69, 9.17) is 11.6 Å². The Morgan fingerprint density at radius 1 is 0.710 bits per heavy atom. The third kappa shape index (κ3) is 4.46. The number of rotatable bonds is 6. The number of anilines is 1. The fourth-order valence-corrected chi connectivity index (χ4v) is 4.93. The number of aromatic nitrogens is 2. The van der Waals surface area contributed by atoms with Crippen molar-refractivity contribution in [2.75, 3.05) is 4.90 Å². The standard InChI is InChI=1S/C26H20ClN3S/c27-26-28-24(22-16-23(31-25(22)29-26)21-14-8-3-9-15-21)30(17-19-10-4-1-5-11-19)18-20-12-6-2-7-13-20/h1-16H,17-18H2. The van der Waals surface area contributed by atoms with Gasteiger partial charge >= 0.3 is 0 Å². The van der Waals surface area contributed by atoms with E-state index in [1.54, 1.807) is 11.3 Å². The van der Waals surface area contributed by atoms with Gasteiger partial charge in [0, 0.05) is 18.0 Å². The molecule has 3 nitrogen and oxygen atoms in total. The van der Waals surface area contributed by atoms with Crippen molar-refractivity contribution >= 4 is 39.0 Å². The highest BCUT2D eigenvalue weighted by atomic mass is 35.5. The third-order valence-electron chi connectivity index (χ3n) is 5.14. The Morgan fingerprint density at radius 2 is 1.26 bits per heavy atom. The zero-order chi connectivity index (χ0) is 21.0. The lowest BCUT2D eigenvalue weighted by atomic mass is 10.1. The van der Waals surface area contributed by atoms with Crippen LogP contribution < -0.4 is 4.90 Å². The summed E-state index contributed by atoms with van der Waals surface area (Å²) in [5, 5.41) is 1.30. The minimum Gasteiger partial charge on any atom is -0.347 e. The Bertz CT molecular complexity index is 1250. The number of nitrogens with zero attached hydrogens (tertiary/aromatic N) is 3. The van der Waals surface area contributed by atoms with Gasteiger partial charge in [0.1, 0.15) is 10.6 Å². The highest BCUT2D eigenvalue weighted by Crippen LogP contribution is 2.38. The molecule has 0 spiro atoms. The van der Waals surface area contributed by atoms with E-state index in [-0.39, 0.29) is 5.28 Å². The topological polar surface area (TPSA) is 29.0 Å². The highest BCUT2D eigenvalue weighted by Gasteiger charge is 2.18. The van der Waals surface area contributed by atoms with E-state index in [0.717, 1.165) is 34.0 Å². The van der Waals surface area contributed by atoms with E-state index in [1.165, 1.54) is 16.7 Å². The van der Waals surface area contributed by atoms with Crippen LogP contribution >= 0.6 is 22.9 Å². The first-order valence-electron chi connectivity index (χ1n) is 10.1. The largest absolute Gasteiger partial charge is 0.347 e. The molecule has 3 aromatic carbocycles. The molecule has 5 aromatic rings. The van der Waals surface area contributed by atoms with Crippen LogP contribution in [0.15, 0.2) is 97.1 Å². The van der Waals surface area contributed by atoms with Crippen molar-refractivity contribution in [2.24, 2.45) is 0 Å². The van der Waals surface area contributed by atoms with E-state index >= 15 is 0 Å². The second-order valence-corrected chi connectivity index (χ2v) is 8.71. The maximum absolute atomic E-state index is 6.39. The van der Waals surface area contributed by atoms with Crippen molar-refractivity contribution in [2.45, 2.75) is 13.1 Å². The zero-order valence-electron chi connectivity index (χ0n) is 16.8. The lowest BCUT2D eigenvalue weighted by Gasteiger charge is -2.25. The summed E-state index contributed by atoms with van der Waals surface area (Å²) in [6, 6.07) is 33.4. The first-order chi connectivity index (χ1) is 15.3. The molecule has 152 valence electrons. The third-order valence-corrected chi connectivity index (χ3v) is 6.38. The zero-order valence-corrected chi connectivity index (χ0v) is 18.4. The number of hydrogen-bond acceptors (Lipinski definition) is 4. The van der Waals surface area contributed by atoms with Crippen LogP contribution in [0.1, 0.15) is 11.1 Å². The second-order valence-electron chi connectivity index (χ2n) is 7.34. The maximum atomic E-state index is 6.39. The molecule has 0 aliphatic rings. The molecule has 0 saturated carbocycles. The van der Waals surface area contributed by atoms with E-state index in [2.05, 4.69) is 93.7 Å². The molecule has 0 radical (unpaired) electrons. The van der Waals surface area contributed by atoms with Gasteiger partial charge in [-0.25, -0.2) is 4.98 Å². The van der Waals surface area contributed by atoms with Crippen molar-refractivity contribution in [1.82, 2.24) is 9.97 Å². The van der Waals surface area contributed by atoms with Crippen molar-refractivity contribution in [3.63, 3.8) is 0 Å². The summed E-state index contributed by atoms with van der Waals surface area (Å²) >= 11 is 8.03. The van der Waals surface area contributed by atoms with Crippen LogP contribution in [0.5, 0.6) is 0 Å². The summed E-state index contributed by atoms with van der Waals surface area (Å²) in [4.78, 5) is 13.6. The average molecular weight is 442 g/mol. The quantitative estimate of drug-likeness (QED) is 0.260. The molecular weight excluding hydrogens is 422 g/mol. The van der Waals surface area contributed by atoms with Gasteiger partial charge in [-0.3, -0.25) is 0 Å². The molecule has 0 aliphatic heterocycles. The SMILES string of the molecule is Clc1nc(N(Cc2ccccc2)Cc2ccccc2)c2cc(-c3ccccc3)sc2n1. The van der Waals surface area contributed by atoms with Gasteiger partial charge in [0.05, 0.1) is 5.39 Å². The van der Waals surface area contributed by atoms with Gasteiger partial charge in [-0.15, -0.1) is 11.3 Å². The number of hydrogen-bond donors (Lipinski definition) is 0. The molecular formula is C26H20ClN3S. The fourth-order valence-electron chi connectivity index (χ4n) is 3.68. The molecule has 0 N–H and O–H groups in total. The molecule has 0 amide bonds. The predicted octanol–water partition coefficient (Wildman–Crippen LogP) is 7.22. The van der Waals surface area contributed by atoms with Gasteiger partial charge in [0.25, 0.3) is 0 Å². The lowest BCUT2D eigenvalue weighted by Crippen LogP contribution is -2.23. The van der Waals surface area contributed by atoms with Gasteiger partial charge in [-0.05, 0) is 34.4 Å². The Balaban J connectivity index is 1.61. The summed E-state index contributed by atoms with van der Waals surface area (Å²) in [5.41, 5.74) is 3.62. The highest BCUT2D eigenvalue weighted by molar-refractivity contribution is 7.22. The van der Waals surface area contributed by atoms with E-state index in [0.29, 0.717) is 0 Å². The first-order valence-corrected chi connectivity index (χ1v) is 11.3. The van der Waals surface area contributed by atoms with Crippen LogP contribution in [0.2, 0.25) is 5.28 Å². The lowest BCUT2D eigenvalue weighted by molar-refractivity contribution is 0.786. The van der Waals surface area contributed by atoms with Crippen LogP contribution in [0, 0.1) is 0 Å². The number of fused-ring (bicyclic) bond motifs is 1. The van der Waals surface area contributed by atoms with Gasteiger partial charge in [-0.1, -0.05) is 91.0 Å². The summed E-state index contributed by atoms with van der Waals surface area (Å²) in [5.74, 6) is 0.862. The predicted molar refractivity (Wildman–Crippen MR) is 131 cm³/mol. The molecule has 0 bridgehead atoms. The van der Waals surface area contributed by atoms with Crippen LogP contribution in [0.3, 0.4) is 0 Å². The van der Waals surface area contributed by atoms with E-state index in [1.807, 2.05) is 18.2 Å². The van der Waals surface area contributed by atoms with E-state index < -0.39 is 0 Å². The second kappa shape index (κ2) is 8.88. The summed E-state index contributed by atoms with van der Waals surface area (Å²) in [6.07, 6.45) is 0. The molecule has 0 atom stereocenters. The molecule has 0 fully saturated rings. The average Bonchev–Trinajstić information content (AvgIpc) is 3.24. The Morgan fingerprint density at radius 3 is 1.84 bits per heavy atom. The van der Waals surface area contributed by atoms with Crippen molar-refractivity contribution in [3.05, 3.63) is 113 Å². The number of thiophene rings is 1. The molecule has 5 rings (SSSR count). The Labute approximate surface area is 190 Å². The normalized spacial score (nSPS) is 11.0. The summed E-state index contributed by atoms with van der Waals surface area (Å²) < 4.78 is 0. The van der Waals surface area contributed by atoms with Crippen LogP contribution in [0.4, 0.5) is 5.82 Å². The van der Waals surface area contributed by atoms with Crippen LogP contribution in [0.25, 0.3) is 20.7 Å². The summed E-state index contributed by atoms with van der Waals surface area (Å²) in [6.45, 7) is 1.46. The summed E-state index contributed by atoms with van der Waals surface area (Å²) in [7, 11) is 0. The van der Waals surface area contributed by atoms with Crippen molar-refractivity contribution < 1.29 is 0 Å². The molecule has 5 heteroatoms. The molecule has 2 heterocycles. The van der Waals surface area contributed by atoms with Crippen molar-refractivity contribution in [3.8, 4) is 10.4 Å². The van der Waals surface area contributed by atoms with Gasteiger partial charge in [0.15, 0.2) is 0 Å². The monoisotopic (exact) mass is 441 g/mol. The van der Waals surface area contributed by atoms with Gasteiger partial charge in [-0.2, -0.15) is 4.98 Å². The molecule has 2 aromatic heterocycles. The van der Waals surface area contributed by atoms with Crippen LogP contribution in [-0.2, 0) is 13.1 Å². The van der Waals surface area contributed by atoms with E-state index in [9.17, 15) is 0 Å². The fraction of sp³-hybridized carbons (Fsp3) is 0.0769. The molecule has 31 heavy (non-hydrogen) atoms. The van der Waals surface area contributed by atoms with Crippen LogP contribution in [-0.4, -0.2) is 9.97 Å². The maximum Gasteiger partial charge on any atom is 0.225 e. The van der Waals surface area contributed by atoms with Gasteiger partial charge < -0.3 is 4.90 Å². The minimum atomic E-state index is 0.273. The smallest absolute Gasteiger partial charge is 0.225 e. The molecule has 0 aliphatic carbocycles. The first kappa shape index (κ1) is 19.7. The van der Waals surface area contributed by atoms with Gasteiger partial charge in [0.2, 0.25) is 5.28 Å². The number of halogens is 1. The molecule has 0 unspecified atom stereocenters. The Kier molecular flexibility index (Phi) is 5.65. The molecule has 0 saturated heterocycles. The van der Waals surface area contributed by atoms with Crippen molar-refractivity contribution in [1.29, 1.82) is 0 Å². The Hall–Kier alpha value is -3.21. The minimum absolute atomic E-state index is 0.273. The number of benzene rings is 3.